The average molecular weight is 184 g/mol. The number of hydrogen-bond acceptors (Lipinski definition) is 2. The van der Waals surface area contributed by atoms with Gasteiger partial charge in [0.15, 0.2) is 0 Å². The highest BCUT2D eigenvalue weighted by Gasteiger charge is 2.46. The normalized spacial score (nSPS) is 51.5. The van der Waals surface area contributed by atoms with E-state index in [2.05, 4.69) is 6.92 Å². The minimum atomic E-state index is -0.434. The Morgan fingerprint density at radius 3 is 2.46 bits per heavy atom. The number of fused-ring (bicyclic) bond motifs is 1. The Bertz CT molecular complexity index is 193. The van der Waals surface area contributed by atoms with E-state index in [9.17, 15) is 10.2 Å². The minimum Gasteiger partial charge on any atom is -0.393 e. The molecule has 2 aliphatic rings. The molecule has 0 bridgehead atoms. The predicted molar refractivity (Wildman–Crippen MR) is 51.3 cm³/mol. The molecule has 0 aromatic heterocycles. The molecular formula is C11H20O2. The van der Waals surface area contributed by atoms with Gasteiger partial charge in [0.2, 0.25) is 0 Å². The van der Waals surface area contributed by atoms with E-state index in [-0.39, 0.29) is 12.0 Å². The van der Waals surface area contributed by atoms with Crippen LogP contribution in [0.25, 0.3) is 0 Å². The van der Waals surface area contributed by atoms with E-state index in [0.717, 1.165) is 38.5 Å². The molecule has 0 amide bonds. The first kappa shape index (κ1) is 9.47. The summed E-state index contributed by atoms with van der Waals surface area (Å²) in [7, 11) is 0. The van der Waals surface area contributed by atoms with E-state index in [1.165, 1.54) is 0 Å². The van der Waals surface area contributed by atoms with Crippen LogP contribution in [0.1, 0.15) is 45.4 Å². The molecule has 0 spiro atoms. The molecule has 2 rings (SSSR count). The lowest BCUT2D eigenvalue weighted by Crippen LogP contribution is -2.37. The summed E-state index contributed by atoms with van der Waals surface area (Å²) in [5, 5.41) is 20.2. The van der Waals surface area contributed by atoms with Gasteiger partial charge in [-0.05, 0) is 43.9 Å². The fraction of sp³-hybridized carbons (Fsp3) is 1.00. The summed E-state index contributed by atoms with van der Waals surface area (Å²) in [5.74, 6) is 0.639. The Hall–Kier alpha value is -0.0800. The Morgan fingerprint density at radius 1 is 1.15 bits per heavy atom. The van der Waals surface area contributed by atoms with Gasteiger partial charge in [0.1, 0.15) is 0 Å². The van der Waals surface area contributed by atoms with Gasteiger partial charge < -0.3 is 10.2 Å². The molecule has 2 aliphatic carbocycles. The van der Waals surface area contributed by atoms with E-state index in [4.69, 9.17) is 0 Å². The summed E-state index contributed by atoms with van der Waals surface area (Å²) >= 11 is 0. The van der Waals surface area contributed by atoms with E-state index in [1.807, 2.05) is 0 Å². The summed E-state index contributed by atoms with van der Waals surface area (Å²) in [6.07, 6.45) is 5.77. The first-order valence-corrected chi connectivity index (χ1v) is 5.54. The lowest BCUT2D eigenvalue weighted by atomic mass is 9.80. The van der Waals surface area contributed by atoms with Crippen molar-refractivity contribution in [2.75, 3.05) is 0 Å². The van der Waals surface area contributed by atoms with Crippen molar-refractivity contribution in [2.24, 2.45) is 11.8 Å². The van der Waals surface area contributed by atoms with Crippen LogP contribution in [0.5, 0.6) is 0 Å². The Balaban J connectivity index is 2.19. The third kappa shape index (κ3) is 1.50. The molecule has 2 N–H and O–H groups in total. The lowest BCUT2D eigenvalue weighted by molar-refractivity contribution is -0.0345. The zero-order valence-corrected chi connectivity index (χ0v) is 8.37. The maximum atomic E-state index is 10.4. The van der Waals surface area contributed by atoms with Crippen LogP contribution in [0.15, 0.2) is 0 Å². The highest BCUT2D eigenvalue weighted by Crippen LogP contribution is 2.46. The first-order valence-electron chi connectivity index (χ1n) is 5.54. The Labute approximate surface area is 80.0 Å². The molecule has 4 atom stereocenters. The fourth-order valence-corrected chi connectivity index (χ4v) is 3.29. The van der Waals surface area contributed by atoms with E-state index in [1.54, 1.807) is 0 Å². The monoisotopic (exact) mass is 184 g/mol. The maximum absolute atomic E-state index is 10.4. The van der Waals surface area contributed by atoms with Crippen LogP contribution < -0.4 is 0 Å². The second-order valence-corrected chi connectivity index (χ2v) is 4.92. The zero-order chi connectivity index (χ0) is 9.47. The predicted octanol–water partition coefficient (Wildman–Crippen LogP) is 1.70. The minimum absolute atomic E-state index is 0.183. The standard InChI is InChI=1S/C11H20O2/c1-8-9-4-2-6-11(9,13)7-3-5-10(8)12/h8-10,12-13H,2-7H2,1H3/t8-,9-,10+,11+/m1/s1. The highest BCUT2D eigenvalue weighted by atomic mass is 16.3. The van der Waals surface area contributed by atoms with Crippen molar-refractivity contribution in [1.29, 1.82) is 0 Å². The number of aliphatic hydroxyl groups is 2. The van der Waals surface area contributed by atoms with E-state index >= 15 is 0 Å². The van der Waals surface area contributed by atoms with Crippen LogP contribution in [0.4, 0.5) is 0 Å². The second kappa shape index (κ2) is 3.25. The van der Waals surface area contributed by atoms with Gasteiger partial charge >= 0.3 is 0 Å². The lowest BCUT2D eigenvalue weighted by Gasteiger charge is -2.32. The Kier molecular flexibility index (Phi) is 2.37. The average Bonchev–Trinajstić information content (AvgIpc) is 2.42. The second-order valence-electron chi connectivity index (χ2n) is 4.92. The highest BCUT2D eigenvalue weighted by molar-refractivity contribution is 4.98. The number of hydrogen-bond donors (Lipinski definition) is 2. The van der Waals surface area contributed by atoms with E-state index in [0.29, 0.717) is 5.92 Å². The number of rotatable bonds is 0. The number of aliphatic hydroxyl groups excluding tert-OH is 1. The van der Waals surface area contributed by atoms with Crippen LogP contribution in [-0.2, 0) is 0 Å². The third-order valence-corrected chi connectivity index (χ3v) is 4.17. The van der Waals surface area contributed by atoms with Crippen molar-refractivity contribution in [2.45, 2.75) is 57.2 Å². The van der Waals surface area contributed by atoms with Gasteiger partial charge in [0.05, 0.1) is 11.7 Å². The van der Waals surface area contributed by atoms with Crippen molar-refractivity contribution in [3.63, 3.8) is 0 Å². The van der Waals surface area contributed by atoms with Gasteiger partial charge in [-0.25, -0.2) is 0 Å². The largest absolute Gasteiger partial charge is 0.393 e. The smallest absolute Gasteiger partial charge is 0.0679 e. The van der Waals surface area contributed by atoms with Crippen LogP contribution in [-0.4, -0.2) is 21.9 Å². The van der Waals surface area contributed by atoms with Gasteiger partial charge in [-0.3, -0.25) is 0 Å². The topological polar surface area (TPSA) is 40.5 Å². The van der Waals surface area contributed by atoms with Crippen LogP contribution in [0.3, 0.4) is 0 Å². The van der Waals surface area contributed by atoms with Crippen LogP contribution in [0.2, 0.25) is 0 Å². The van der Waals surface area contributed by atoms with E-state index < -0.39 is 5.60 Å². The van der Waals surface area contributed by atoms with Crippen LogP contribution >= 0.6 is 0 Å². The summed E-state index contributed by atoms with van der Waals surface area (Å²) in [4.78, 5) is 0. The summed E-state index contributed by atoms with van der Waals surface area (Å²) in [6, 6.07) is 0. The fourth-order valence-electron chi connectivity index (χ4n) is 3.29. The molecule has 2 nitrogen and oxygen atoms in total. The summed E-state index contributed by atoms with van der Waals surface area (Å²) in [5.41, 5.74) is -0.434. The van der Waals surface area contributed by atoms with Crippen molar-refractivity contribution >= 4 is 0 Å². The van der Waals surface area contributed by atoms with Crippen molar-refractivity contribution < 1.29 is 10.2 Å². The SMILES string of the molecule is C[C@@H]1[C@H]2CCC[C@]2(O)CCC[C@@H]1O. The molecule has 0 radical (unpaired) electrons. The Morgan fingerprint density at radius 2 is 1.77 bits per heavy atom. The van der Waals surface area contributed by atoms with Gasteiger partial charge in [0.25, 0.3) is 0 Å². The molecule has 2 saturated carbocycles. The molecule has 76 valence electrons. The maximum Gasteiger partial charge on any atom is 0.0679 e. The van der Waals surface area contributed by atoms with Crippen molar-refractivity contribution in [3.05, 3.63) is 0 Å². The molecule has 13 heavy (non-hydrogen) atoms. The van der Waals surface area contributed by atoms with Crippen molar-refractivity contribution in [3.8, 4) is 0 Å². The summed E-state index contributed by atoms with van der Waals surface area (Å²) < 4.78 is 0. The molecule has 2 fully saturated rings. The van der Waals surface area contributed by atoms with Crippen LogP contribution in [0, 0.1) is 11.8 Å². The van der Waals surface area contributed by atoms with Gasteiger partial charge in [-0.1, -0.05) is 13.3 Å². The quantitative estimate of drug-likeness (QED) is 0.601. The molecule has 0 saturated heterocycles. The first-order chi connectivity index (χ1) is 6.13. The molecule has 0 heterocycles. The third-order valence-electron chi connectivity index (χ3n) is 4.17. The van der Waals surface area contributed by atoms with Gasteiger partial charge in [-0.2, -0.15) is 0 Å². The molecule has 0 aromatic carbocycles. The molecule has 0 unspecified atom stereocenters. The summed E-state index contributed by atoms with van der Waals surface area (Å²) in [6.45, 7) is 2.09. The molecule has 0 aliphatic heterocycles. The van der Waals surface area contributed by atoms with Gasteiger partial charge in [0, 0.05) is 0 Å². The van der Waals surface area contributed by atoms with Gasteiger partial charge in [-0.15, -0.1) is 0 Å². The molecular weight excluding hydrogens is 164 g/mol. The molecule has 2 heteroatoms. The zero-order valence-electron chi connectivity index (χ0n) is 8.37. The molecule has 0 aromatic rings. The van der Waals surface area contributed by atoms with Crippen molar-refractivity contribution in [1.82, 2.24) is 0 Å².